The van der Waals surface area contributed by atoms with Crippen molar-refractivity contribution >= 4 is 17.9 Å². The minimum Gasteiger partial charge on any atom is -0.469 e. The molecule has 2 saturated heterocycles. The van der Waals surface area contributed by atoms with Crippen LogP contribution in [0.3, 0.4) is 0 Å². The molecule has 1 aromatic rings. The number of methoxy groups -OCH3 is 1. The molecule has 3 rings (SSSR count). The van der Waals surface area contributed by atoms with E-state index in [1.54, 1.807) is 32.9 Å². The first-order chi connectivity index (χ1) is 14.1. The first-order valence-electron chi connectivity index (χ1n) is 10.2. The SMILES string of the molecule is COC(=O)C1CN(C(=O)OC(C)(C)C)CC1c1ccc(N2CCC(CO)C2)nc1F. The molecular weight excluding hydrogens is 393 g/mol. The van der Waals surface area contributed by atoms with Gasteiger partial charge in [0.2, 0.25) is 5.95 Å². The van der Waals surface area contributed by atoms with Crippen LogP contribution in [0.5, 0.6) is 0 Å². The zero-order valence-electron chi connectivity index (χ0n) is 17.9. The van der Waals surface area contributed by atoms with Crippen LogP contribution in [0.1, 0.15) is 38.7 Å². The van der Waals surface area contributed by atoms with E-state index in [0.717, 1.165) is 6.42 Å². The number of aromatic nitrogens is 1. The van der Waals surface area contributed by atoms with Gasteiger partial charge in [0.15, 0.2) is 0 Å². The summed E-state index contributed by atoms with van der Waals surface area (Å²) in [5.74, 6) is -1.77. The van der Waals surface area contributed by atoms with E-state index in [0.29, 0.717) is 18.9 Å². The normalized spacial score (nSPS) is 24.3. The summed E-state index contributed by atoms with van der Waals surface area (Å²) in [6, 6.07) is 3.35. The van der Waals surface area contributed by atoms with E-state index in [-0.39, 0.29) is 31.2 Å². The Morgan fingerprint density at radius 2 is 2.00 bits per heavy atom. The maximum absolute atomic E-state index is 15.0. The second-order valence-electron chi connectivity index (χ2n) is 8.95. The quantitative estimate of drug-likeness (QED) is 0.586. The summed E-state index contributed by atoms with van der Waals surface area (Å²) < 4.78 is 25.3. The molecule has 3 unspecified atom stereocenters. The molecule has 1 amide bonds. The zero-order chi connectivity index (χ0) is 22.1. The number of aliphatic hydroxyl groups is 1. The second-order valence-corrected chi connectivity index (χ2v) is 8.95. The number of halogens is 1. The lowest BCUT2D eigenvalue weighted by Gasteiger charge is -2.24. The van der Waals surface area contributed by atoms with Gasteiger partial charge in [-0.1, -0.05) is 6.07 Å². The predicted octanol–water partition coefficient (Wildman–Crippen LogP) is 2.16. The van der Waals surface area contributed by atoms with E-state index in [4.69, 9.17) is 9.47 Å². The lowest BCUT2D eigenvalue weighted by Crippen LogP contribution is -2.36. The summed E-state index contributed by atoms with van der Waals surface area (Å²) in [6.07, 6.45) is 0.287. The molecule has 8 nitrogen and oxygen atoms in total. The van der Waals surface area contributed by atoms with Crippen LogP contribution in [0, 0.1) is 17.8 Å². The molecule has 0 aromatic carbocycles. The summed E-state index contributed by atoms with van der Waals surface area (Å²) in [5.41, 5.74) is -0.398. The Balaban J connectivity index is 1.81. The molecule has 0 aliphatic carbocycles. The van der Waals surface area contributed by atoms with Gasteiger partial charge in [-0.15, -0.1) is 0 Å². The van der Waals surface area contributed by atoms with Crippen molar-refractivity contribution in [2.75, 3.05) is 44.8 Å². The minimum absolute atomic E-state index is 0.0950. The summed E-state index contributed by atoms with van der Waals surface area (Å²) in [4.78, 5) is 32.3. The van der Waals surface area contributed by atoms with Gasteiger partial charge in [0.1, 0.15) is 11.4 Å². The number of aliphatic hydroxyl groups excluding tert-OH is 1. The van der Waals surface area contributed by atoms with Gasteiger partial charge in [-0.2, -0.15) is 4.39 Å². The summed E-state index contributed by atoms with van der Waals surface area (Å²) in [5, 5.41) is 9.31. The van der Waals surface area contributed by atoms with Gasteiger partial charge in [0.25, 0.3) is 0 Å². The third-order valence-electron chi connectivity index (χ3n) is 5.61. The van der Waals surface area contributed by atoms with Crippen molar-refractivity contribution in [1.82, 2.24) is 9.88 Å². The Kier molecular flexibility index (Phi) is 6.50. The number of hydrogen-bond acceptors (Lipinski definition) is 7. The highest BCUT2D eigenvalue weighted by Crippen LogP contribution is 2.36. The van der Waals surface area contributed by atoms with Gasteiger partial charge in [-0.25, -0.2) is 9.78 Å². The van der Waals surface area contributed by atoms with E-state index in [1.165, 1.54) is 12.0 Å². The van der Waals surface area contributed by atoms with Crippen LogP contribution in [0.25, 0.3) is 0 Å². The van der Waals surface area contributed by atoms with Gasteiger partial charge in [-0.3, -0.25) is 4.79 Å². The van der Waals surface area contributed by atoms with Crippen molar-refractivity contribution in [2.45, 2.75) is 38.7 Å². The number of ether oxygens (including phenoxy) is 2. The van der Waals surface area contributed by atoms with E-state index >= 15 is 4.39 Å². The van der Waals surface area contributed by atoms with Crippen molar-refractivity contribution in [3.05, 3.63) is 23.6 Å². The highest BCUT2D eigenvalue weighted by atomic mass is 19.1. The van der Waals surface area contributed by atoms with E-state index in [1.807, 2.05) is 4.90 Å². The number of hydrogen-bond donors (Lipinski definition) is 1. The number of pyridine rings is 1. The molecule has 1 N–H and O–H groups in total. The molecule has 2 aliphatic heterocycles. The molecule has 3 atom stereocenters. The van der Waals surface area contributed by atoms with Crippen LogP contribution in [0.2, 0.25) is 0 Å². The van der Waals surface area contributed by atoms with E-state index in [9.17, 15) is 14.7 Å². The molecule has 1 aromatic heterocycles. The molecule has 0 saturated carbocycles. The van der Waals surface area contributed by atoms with E-state index < -0.39 is 35.4 Å². The number of carbonyl (C=O) groups excluding carboxylic acids is 2. The summed E-state index contributed by atoms with van der Waals surface area (Å²) in [6.45, 7) is 6.95. The summed E-state index contributed by atoms with van der Waals surface area (Å²) in [7, 11) is 1.28. The van der Waals surface area contributed by atoms with Gasteiger partial charge in [0.05, 0.1) is 13.0 Å². The van der Waals surface area contributed by atoms with Crippen LogP contribution in [0.4, 0.5) is 15.0 Å². The van der Waals surface area contributed by atoms with Crippen molar-refractivity contribution < 1.29 is 28.6 Å². The maximum atomic E-state index is 15.0. The fourth-order valence-electron chi connectivity index (χ4n) is 4.06. The van der Waals surface area contributed by atoms with Gasteiger partial charge in [-0.05, 0) is 33.3 Å². The highest BCUT2D eigenvalue weighted by Gasteiger charge is 2.43. The maximum Gasteiger partial charge on any atom is 0.410 e. The van der Waals surface area contributed by atoms with Crippen molar-refractivity contribution in [3.63, 3.8) is 0 Å². The van der Waals surface area contributed by atoms with Gasteiger partial charge < -0.3 is 24.4 Å². The number of anilines is 1. The fraction of sp³-hybridized carbons (Fsp3) is 0.667. The average Bonchev–Trinajstić information content (AvgIpc) is 3.33. The van der Waals surface area contributed by atoms with Crippen molar-refractivity contribution in [1.29, 1.82) is 0 Å². The largest absolute Gasteiger partial charge is 0.469 e. The lowest BCUT2D eigenvalue weighted by molar-refractivity contribution is -0.145. The molecule has 2 fully saturated rings. The number of amides is 1. The smallest absolute Gasteiger partial charge is 0.410 e. The number of likely N-dealkylation sites (tertiary alicyclic amines) is 1. The highest BCUT2D eigenvalue weighted by molar-refractivity contribution is 5.77. The lowest BCUT2D eigenvalue weighted by atomic mass is 9.89. The Morgan fingerprint density at radius 3 is 2.57 bits per heavy atom. The van der Waals surface area contributed by atoms with Crippen LogP contribution in [-0.2, 0) is 14.3 Å². The van der Waals surface area contributed by atoms with Gasteiger partial charge in [0, 0.05) is 50.2 Å². The first-order valence-corrected chi connectivity index (χ1v) is 10.2. The zero-order valence-corrected chi connectivity index (χ0v) is 17.9. The van der Waals surface area contributed by atoms with E-state index in [2.05, 4.69) is 4.98 Å². The van der Waals surface area contributed by atoms with Crippen molar-refractivity contribution in [2.24, 2.45) is 11.8 Å². The number of carbonyl (C=O) groups is 2. The Bertz CT molecular complexity index is 797. The summed E-state index contributed by atoms with van der Waals surface area (Å²) >= 11 is 0. The average molecular weight is 423 g/mol. The first kappa shape index (κ1) is 22.3. The van der Waals surface area contributed by atoms with Gasteiger partial charge >= 0.3 is 12.1 Å². The number of esters is 1. The molecular formula is C21H30FN3O5. The third kappa shape index (κ3) is 4.83. The van der Waals surface area contributed by atoms with Crippen molar-refractivity contribution in [3.8, 4) is 0 Å². The van der Waals surface area contributed by atoms with Crippen LogP contribution >= 0.6 is 0 Å². The molecule has 0 radical (unpaired) electrons. The molecule has 166 valence electrons. The predicted molar refractivity (Wildman–Crippen MR) is 108 cm³/mol. The minimum atomic E-state index is -0.699. The molecule has 3 heterocycles. The molecule has 30 heavy (non-hydrogen) atoms. The standard InChI is InChI=1S/C21H30FN3O5/c1-21(2,3)30-20(28)25-10-15(16(11-25)19(27)29-4)14-5-6-17(23-18(14)22)24-8-7-13(9-24)12-26/h5-6,13,15-16,26H,7-12H2,1-4H3. The van der Waals surface area contributed by atoms with Crippen LogP contribution in [0.15, 0.2) is 12.1 Å². The fourth-order valence-corrected chi connectivity index (χ4v) is 4.06. The Morgan fingerprint density at radius 1 is 1.27 bits per heavy atom. The molecule has 9 heteroatoms. The monoisotopic (exact) mass is 423 g/mol. The number of rotatable bonds is 4. The molecule has 0 spiro atoms. The topological polar surface area (TPSA) is 92.2 Å². The Labute approximate surface area is 176 Å². The number of nitrogens with zero attached hydrogens (tertiary/aromatic N) is 3. The Hall–Kier alpha value is -2.42. The second kappa shape index (κ2) is 8.75. The van der Waals surface area contributed by atoms with Crippen LogP contribution < -0.4 is 4.90 Å². The molecule has 2 aliphatic rings. The third-order valence-corrected chi connectivity index (χ3v) is 5.61. The van der Waals surface area contributed by atoms with Crippen LogP contribution in [-0.4, -0.2) is 72.5 Å². The molecule has 0 bridgehead atoms.